The molecule has 6 atom stereocenters. The number of fused-ring (bicyclic) bond motifs is 4. The molecule has 4 amide bonds. The van der Waals surface area contributed by atoms with Gasteiger partial charge in [0.2, 0.25) is 11.8 Å². The van der Waals surface area contributed by atoms with E-state index in [9.17, 15) is 45.8 Å². The number of amides is 4. The van der Waals surface area contributed by atoms with Crippen molar-refractivity contribution in [3.05, 3.63) is 128 Å². The molecule has 18 heteroatoms. The van der Waals surface area contributed by atoms with Crippen molar-refractivity contribution in [2.75, 3.05) is 17.4 Å². The molecule has 0 unspecified atom stereocenters. The summed E-state index contributed by atoms with van der Waals surface area (Å²) in [5.74, 6) is -10.1. The number of allylic oxidation sites excluding steroid dienone is 2. The molecule has 0 radical (unpaired) electrons. The van der Waals surface area contributed by atoms with Crippen LogP contribution in [-0.2, 0) is 36.9 Å². The van der Waals surface area contributed by atoms with Gasteiger partial charge in [-0.3, -0.25) is 24.6 Å². The van der Waals surface area contributed by atoms with E-state index < -0.39 is 87.8 Å². The molecule has 2 saturated heterocycles. The topological polar surface area (TPSA) is 116 Å². The first-order valence-electron chi connectivity index (χ1n) is 17.9. The Hall–Kier alpha value is -5.25. The van der Waals surface area contributed by atoms with E-state index in [4.69, 9.17) is 39.5 Å². The molecule has 2 aliphatic carbocycles. The number of rotatable bonds is 6. The van der Waals surface area contributed by atoms with Crippen LogP contribution in [-0.4, -0.2) is 40.9 Å². The van der Waals surface area contributed by atoms with Crippen LogP contribution >= 0.6 is 34.8 Å². The Kier molecular flexibility index (Phi) is 9.75. The largest absolute Gasteiger partial charge is 0.508 e. The minimum Gasteiger partial charge on any atom is -0.508 e. The second-order valence-corrected chi connectivity index (χ2v) is 16.0. The van der Waals surface area contributed by atoms with Crippen molar-refractivity contribution in [3.63, 3.8) is 0 Å². The summed E-state index contributed by atoms with van der Waals surface area (Å²) in [5, 5.41) is 12.8. The first kappa shape index (κ1) is 40.5. The van der Waals surface area contributed by atoms with Crippen LogP contribution in [0.15, 0.2) is 90.5 Å². The summed E-state index contributed by atoms with van der Waals surface area (Å²) >= 11 is 19.1. The Morgan fingerprint density at radius 3 is 2.02 bits per heavy atom. The monoisotopic (exact) mass is 877 g/mol. The Morgan fingerprint density at radius 2 is 1.41 bits per heavy atom. The van der Waals surface area contributed by atoms with Gasteiger partial charge in [-0.05, 0) is 91.1 Å². The normalized spacial score (nSPS) is 25.5. The lowest BCUT2D eigenvalue weighted by Crippen LogP contribution is -2.53. The quantitative estimate of drug-likeness (QED) is 0.113. The summed E-state index contributed by atoms with van der Waals surface area (Å²) in [6.45, 7) is 0. The van der Waals surface area contributed by atoms with E-state index in [2.05, 4.69) is 5.43 Å². The van der Waals surface area contributed by atoms with Gasteiger partial charge >= 0.3 is 12.4 Å². The fourth-order valence-electron chi connectivity index (χ4n) is 9.27. The van der Waals surface area contributed by atoms with Crippen LogP contribution in [0.25, 0.3) is 0 Å². The molecule has 2 heterocycles. The zero-order chi connectivity index (χ0) is 42.5. The molecule has 2 aliphatic heterocycles. The number of aromatic hydroxyl groups is 1. The lowest BCUT2D eigenvalue weighted by molar-refractivity contribution is -0.143. The second-order valence-electron chi connectivity index (χ2n) is 14.7. The smallest absolute Gasteiger partial charge is 0.416 e. The SMILES string of the molecule is COc1ccc([C@@]23C(=O)N(Nc4ccc(Cl)cc4Cl)C(=O)[C@@H]2C[C@@H]2C(=CC[C@@H]4C(=O)N(c5cc(C(F)(F)F)cc(C(F)(F)F)c5)C(=O)[C@@H]42)[C@@H]3c2cc(Cl)ccc2O)cc1. The van der Waals surface area contributed by atoms with E-state index in [0.29, 0.717) is 28.4 Å². The van der Waals surface area contributed by atoms with Gasteiger partial charge < -0.3 is 9.84 Å². The first-order valence-corrected chi connectivity index (χ1v) is 19.0. The lowest BCUT2D eigenvalue weighted by atomic mass is 9.49. The van der Waals surface area contributed by atoms with Gasteiger partial charge in [-0.1, -0.05) is 58.6 Å². The molecular weight excluding hydrogens is 851 g/mol. The predicted molar refractivity (Wildman–Crippen MR) is 203 cm³/mol. The van der Waals surface area contributed by atoms with E-state index >= 15 is 4.79 Å². The predicted octanol–water partition coefficient (Wildman–Crippen LogP) is 9.59. The van der Waals surface area contributed by atoms with Crippen molar-refractivity contribution in [1.82, 2.24) is 5.01 Å². The highest BCUT2D eigenvalue weighted by atomic mass is 35.5. The number of anilines is 2. The maximum atomic E-state index is 15.4. The van der Waals surface area contributed by atoms with Crippen molar-refractivity contribution in [1.29, 1.82) is 0 Å². The highest BCUT2D eigenvalue weighted by Crippen LogP contribution is 2.65. The third-order valence-corrected chi connectivity index (χ3v) is 12.5. The Morgan fingerprint density at radius 1 is 0.780 bits per heavy atom. The van der Waals surface area contributed by atoms with E-state index in [0.717, 1.165) is 5.01 Å². The number of hydrazine groups is 1. The third-order valence-electron chi connectivity index (χ3n) is 11.7. The summed E-state index contributed by atoms with van der Waals surface area (Å²) < 4.78 is 89.0. The van der Waals surface area contributed by atoms with Crippen LogP contribution in [0.1, 0.15) is 41.0 Å². The van der Waals surface area contributed by atoms with E-state index in [1.54, 1.807) is 30.3 Å². The molecule has 1 saturated carbocycles. The van der Waals surface area contributed by atoms with Crippen molar-refractivity contribution in [2.45, 2.75) is 36.5 Å². The molecule has 4 aromatic carbocycles. The number of alkyl halides is 6. The number of nitrogens with zero attached hydrogens (tertiary/aromatic N) is 2. The molecule has 59 heavy (non-hydrogen) atoms. The van der Waals surface area contributed by atoms with E-state index in [-0.39, 0.29) is 56.5 Å². The number of nitrogens with one attached hydrogen (secondary N) is 1. The lowest BCUT2D eigenvalue weighted by Gasteiger charge is -2.50. The number of hydrogen-bond donors (Lipinski definition) is 2. The molecule has 4 aliphatic rings. The van der Waals surface area contributed by atoms with Gasteiger partial charge in [0.15, 0.2) is 0 Å². The minimum atomic E-state index is -5.27. The van der Waals surface area contributed by atoms with Gasteiger partial charge in [0.25, 0.3) is 11.8 Å². The summed E-state index contributed by atoms with van der Waals surface area (Å²) in [7, 11) is 1.43. The zero-order valence-electron chi connectivity index (χ0n) is 30.2. The molecule has 0 aromatic heterocycles. The summed E-state index contributed by atoms with van der Waals surface area (Å²) in [5.41, 5.74) is -2.66. The van der Waals surface area contributed by atoms with Crippen LogP contribution in [0.3, 0.4) is 0 Å². The van der Waals surface area contributed by atoms with E-state index in [1.807, 2.05) is 0 Å². The number of carbonyl (C=O) groups is 4. The van der Waals surface area contributed by atoms with Crippen LogP contribution in [0.2, 0.25) is 15.1 Å². The maximum Gasteiger partial charge on any atom is 0.416 e. The molecule has 0 bridgehead atoms. The molecule has 0 spiro atoms. The van der Waals surface area contributed by atoms with Crippen molar-refractivity contribution in [3.8, 4) is 11.5 Å². The van der Waals surface area contributed by atoms with Gasteiger partial charge in [0.05, 0.1) is 57.8 Å². The van der Waals surface area contributed by atoms with Crippen molar-refractivity contribution < 1.29 is 55.4 Å². The maximum absolute atomic E-state index is 15.4. The first-order chi connectivity index (χ1) is 27.8. The van der Waals surface area contributed by atoms with Crippen LogP contribution in [0, 0.1) is 23.7 Å². The molecule has 3 fully saturated rings. The Labute approximate surface area is 346 Å². The van der Waals surface area contributed by atoms with Gasteiger partial charge in [0, 0.05) is 21.5 Å². The molecule has 2 N–H and O–H groups in total. The number of ether oxygens (including phenoxy) is 1. The van der Waals surface area contributed by atoms with Crippen LogP contribution in [0.4, 0.5) is 37.7 Å². The molecular formula is C41H28Cl3F6N3O6. The minimum absolute atomic E-state index is 0.0492. The molecule has 9 nitrogen and oxygen atoms in total. The Balaban J connectivity index is 1.32. The number of hydrogen-bond acceptors (Lipinski definition) is 7. The van der Waals surface area contributed by atoms with Gasteiger partial charge in [-0.2, -0.15) is 31.4 Å². The summed E-state index contributed by atoms with van der Waals surface area (Å²) in [6.07, 6.45) is -9.47. The standard InChI is InChI=1S/C41H28Cl3F6N3O6/c1-59-24-6-2-18(3-7-24)39-29(36(56)53(38(39)58)51-31-10-4-22(43)16-30(31)44)17-27-25(34(39)28-15-21(42)5-11-32(28)54)8-9-26-33(27)37(57)52(35(26)55)23-13-19(40(45,46)47)12-20(14-23)41(48,49)50/h2-8,10-16,26-27,29,33-34,51,54H,9,17H2,1H3/t26-,27+,29-,33-,34+,39+/m0/s1. The third kappa shape index (κ3) is 6.40. The van der Waals surface area contributed by atoms with Gasteiger partial charge in [-0.25, -0.2) is 4.90 Å². The number of halogens is 9. The number of imide groups is 2. The van der Waals surface area contributed by atoms with Crippen LogP contribution in [0.5, 0.6) is 11.5 Å². The highest BCUT2D eigenvalue weighted by molar-refractivity contribution is 6.36. The van der Waals surface area contributed by atoms with Gasteiger partial charge in [0.1, 0.15) is 11.5 Å². The molecule has 306 valence electrons. The number of benzene rings is 4. The fourth-order valence-corrected chi connectivity index (χ4v) is 9.90. The summed E-state index contributed by atoms with van der Waals surface area (Å²) in [4.78, 5) is 59.2. The number of methoxy groups -OCH3 is 1. The zero-order valence-corrected chi connectivity index (χ0v) is 32.4. The average molecular weight is 879 g/mol. The van der Waals surface area contributed by atoms with Crippen molar-refractivity contribution >= 4 is 69.8 Å². The van der Waals surface area contributed by atoms with Crippen LogP contribution < -0.4 is 15.1 Å². The van der Waals surface area contributed by atoms with Crippen molar-refractivity contribution in [2.24, 2.45) is 23.7 Å². The second kappa shape index (κ2) is 14.2. The summed E-state index contributed by atoms with van der Waals surface area (Å²) in [6, 6.07) is 15.2. The Bertz CT molecular complexity index is 2460. The number of carbonyl (C=O) groups excluding carboxylic acids is 4. The molecule has 4 aromatic rings. The number of phenolic OH excluding ortho intramolecular Hbond substituents is 1. The fraction of sp³-hybridized carbons (Fsp3) is 0.268. The van der Waals surface area contributed by atoms with E-state index in [1.165, 1.54) is 43.5 Å². The highest BCUT2D eigenvalue weighted by Gasteiger charge is 2.71. The van der Waals surface area contributed by atoms with Gasteiger partial charge in [-0.15, -0.1) is 0 Å². The average Bonchev–Trinajstić information content (AvgIpc) is 3.56. The number of phenols is 1. The molecule has 8 rings (SSSR count).